The quantitative estimate of drug-likeness (QED) is 0.302. The van der Waals surface area contributed by atoms with Gasteiger partial charge >= 0.3 is 11.9 Å². The van der Waals surface area contributed by atoms with Crippen molar-refractivity contribution in [3.8, 4) is 0 Å². The first-order valence-corrected chi connectivity index (χ1v) is 7.39. The van der Waals surface area contributed by atoms with Crippen LogP contribution in [0, 0.1) is 0 Å². The van der Waals surface area contributed by atoms with Crippen LogP contribution in [-0.4, -0.2) is 22.2 Å². The van der Waals surface area contributed by atoms with E-state index in [9.17, 15) is 9.59 Å². The fourth-order valence-corrected chi connectivity index (χ4v) is 1.84. The molecule has 0 aromatic carbocycles. The average Bonchev–Trinajstić information content (AvgIpc) is 2.38. The van der Waals surface area contributed by atoms with Crippen molar-refractivity contribution in [2.75, 3.05) is 0 Å². The van der Waals surface area contributed by atoms with Crippen LogP contribution in [0.1, 0.15) is 64.2 Å². The molecule has 0 aromatic heterocycles. The molecule has 0 atom stereocenters. The van der Waals surface area contributed by atoms with Crippen molar-refractivity contribution < 1.29 is 19.8 Å². The van der Waals surface area contributed by atoms with E-state index in [-0.39, 0.29) is 6.42 Å². The van der Waals surface area contributed by atoms with Gasteiger partial charge in [0.1, 0.15) is 0 Å². The monoisotopic (exact) mass is 282 g/mol. The predicted molar refractivity (Wildman–Crippen MR) is 79.7 cm³/mol. The lowest BCUT2D eigenvalue weighted by molar-refractivity contribution is -0.137. The third-order valence-corrected chi connectivity index (χ3v) is 2.93. The van der Waals surface area contributed by atoms with Crippen LogP contribution < -0.4 is 0 Å². The summed E-state index contributed by atoms with van der Waals surface area (Å²) >= 11 is 0. The van der Waals surface area contributed by atoms with Crippen molar-refractivity contribution in [3.05, 3.63) is 24.3 Å². The van der Waals surface area contributed by atoms with Crippen molar-refractivity contribution in [2.24, 2.45) is 0 Å². The fraction of sp³-hybridized carbons (Fsp3) is 0.625. The van der Waals surface area contributed by atoms with E-state index in [2.05, 4.69) is 12.2 Å². The summed E-state index contributed by atoms with van der Waals surface area (Å²) in [5, 5.41) is 16.9. The molecule has 0 aliphatic rings. The molecule has 114 valence electrons. The molecule has 0 aromatic rings. The largest absolute Gasteiger partial charge is 0.481 e. The molecule has 0 aliphatic carbocycles. The van der Waals surface area contributed by atoms with E-state index in [4.69, 9.17) is 10.2 Å². The molecule has 0 aliphatic heterocycles. The maximum absolute atomic E-state index is 10.3. The number of hydrogen-bond donors (Lipinski definition) is 2. The van der Waals surface area contributed by atoms with E-state index in [1.807, 2.05) is 0 Å². The number of carboxylic acids is 2. The number of carbonyl (C=O) groups is 2. The zero-order chi connectivity index (χ0) is 15.1. The summed E-state index contributed by atoms with van der Waals surface area (Å²) in [5.41, 5.74) is 0. The zero-order valence-electron chi connectivity index (χ0n) is 12.1. The predicted octanol–water partition coefficient (Wildman–Crippen LogP) is 4.17. The Bertz CT molecular complexity index is 318. The summed E-state index contributed by atoms with van der Waals surface area (Å²) in [6.45, 7) is 0. The van der Waals surface area contributed by atoms with E-state index in [1.54, 1.807) is 6.08 Å². The lowest BCUT2D eigenvalue weighted by Crippen LogP contribution is -1.93. The molecule has 0 bridgehead atoms. The van der Waals surface area contributed by atoms with Crippen molar-refractivity contribution >= 4 is 11.9 Å². The van der Waals surface area contributed by atoms with Gasteiger partial charge in [-0.1, -0.05) is 31.1 Å². The van der Waals surface area contributed by atoms with Gasteiger partial charge in [0.05, 0.1) is 0 Å². The van der Waals surface area contributed by atoms with Crippen LogP contribution in [0.4, 0.5) is 0 Å². The van der Waals surface area contributed by atoms with Gasteiger partial charge in [0, 0.05) is 12.5 Å². The second-order valence-corrected chi connectivity index (χ2v) is 4.84. The molecule has 20 heavy (non-hydrogen) atoms. The van der Waals surface area contributed by atoms with Gasteiger partial charge in [0.25, 0.3) is 0 Å². The first-order valence-electron chi connectivity index (χ1n) is 7.39. The molecular formula is C16H26O4. The molecule has 0 heterocycles. The number of aliphatic carboxylic acids is 2. The van der Waals surface area contributed by atoms with Gasteiger partial charge in [-0.3, -0.25) is 4.79 Å². The van der Waals surface area contributed by atoms with Crippen molar-refractivity contribution in [2.45, 2.75) is 64.2 Å². The minimum absolute atomic E-state index is 0.284. The summed E-state index contributed by atoms with van der Waals surface area (Å²) in [6, 6.07) is 0. The van der Waals surface area contributed by atoms with Gasteiger partial charge < -0.3 is 10.2 Å². The summed E-state index contributed by atoms with van der Waals surface area (Å²) in [6.07, 6.45) is 16.6. The normalized spacial score (nSPS) is 11.4. The van der Waals surface area contributed by atoms with Crippen LogP contribution in [0.25, 0.3) is 0 Å². The minimum Gasteiger partial charge on any atom is -0.481 e. The topological polar surface area (TPSA) is 74.6 Å². The molecule has 0 unspecified atom stereocenters. The number of hydrogen-bond acceptors (Lipinski definition) is 2. The number of rotatable bonds is 13. The maximum Gasteiger partial charge on any atom is 0.327 e. The third kappa shape index (κ3) is 16.4. The molecule has 0 saturated heterocycles. The fourth-order valence-electron chi connectivity index (χ4n) is 1.84. The van der Waals surface area contributed by atoms with Gasteiger partial charge in [-0.05, 0) is 44.9 Å². The van der Waals surface area contributed by atoms with Crippen molar-refractivity contribution in [1.82, 2.24) is 0 Å². The summed E-state index contributed by atoms with van der Waals surface area (Å²) in [5.74, 6) is -1.59. The minimum atomic E-state index is -0.881. The Morgan fingerprint density at radius 2 is 1.20 bits per heavy atom. The third-order valence-electron chi connectivity index (χ3n) is 2.93. The smallest absolute Gasteiger partial charge is 0.327 e. The standard InChI is InChI=1S/C16H26O4/c17-15(18)13-11-9-7-5-3-1-2-4-6-8-10-12-14-16(19)20/h1-2,11,13H,3-10,12,14H2,(H,17,18)(H,19,20). The van der Waals surface area contributed by atoms with Crippen LogP contribution in [0.2, 0.25) is 0 Å². The first-order chi connectivity index (χ1) is 9.63. The Morgan fingerprint density at radius 3 is 1.75 bits per heavy atom. The Hall–Kier alpha value is -1.58. The SMILES string of the molecule is O=C(O)C=CCCCCC=CCCCCCCC(=O)O. The number of allylic oxidation sites excluding steroid dienone is 3. The second-order valence-electron chi connectivity index (χ2n) is 4.84. The summed E-state index contributed by atoms with van der Waals surface area (Å²) in [7, 11) is 0. The molecule has 0 rings (SSSR count). The lowest BCUT2D eigenvalue weighted by Gasteiger charge is -1.97. The molecule has 4 heteroatoms. The lowest BCUT2D eigenvalue weighted by atomic mass is 10.1. The van der Waals surface area contributed by atoms with Crippen LogP contribution in [-0.2, 0) is 9.59 Å². The summed E-state index contributed by atoms with van der Waals surface area (Å²) in [4.78, 5) is 20.5. The number of unbranched alkanes of at least 4 members (excludes halogenated alkanes) is 7. The molecule has 0 radical (unpaired) electrons. The van der Waals surface area contributed by atoms with Gasteiger partial charge in [-0.25, -0.2) is 4.79 Å². The molecule has 0 saturated carbocycles. The maximum atomic E-state index is 10.3. The molecule has 2 N–H and O–H groups in total. The van der Waals surface area contributed by atoms with Crippen LogP contribution >= 0.6 is 0 Å². The van der Waals surface area contributed by atoms with Crippen molar-refractivity contribution in [3.63, 3.8) is 0 Å². The molecule has 0 amide bonds. The summed E-state index contributed by atoms with van der Waals surface area (Å²) < 4.78 is 0. The van der Waals surface area contributed by atoms with Gasteiger partial charge in [0.15, 0.2) is 0 Å². The van der Waals surface area contributed by atoms with Crippen LogP contribution in [0.5, 0.6) is 0 Å². The second kappa shape index (κ2) is 13.8. The average molecular weight is 282 g/mol. The highest BCUT2D eigenvalue weighted by Crippen LogP contribution is 2.07. The van der Waals surface area contributed by atoms with Gasteiger partial charge in [-0.2, -0.15) is 0 Å². The van der Waals surface area contributed by atoms with Crippen LogP contribution in [0.3, 0.4) is 0 Å². The van der Waals surface area contributed by atoms with Crippen LogP contribution in [0.15, 0.2) is 24.3 Å². The van der Waals surface area contributed by atoms with E-state index in [1.165, 1.54) is 6.08 Å². The zero-order valence-corrected chi connectivity index (χ0v) is 12.1. The highest BCUT2D eigenvalue weighted by Gasteiger charge is 1.95. The Kier molecular flexibility index (Phi) is 12.7. The van der Waals surface area contributed by atoms with Gasteiger partial charge in [-0.15, -0.1) is 0 Å². The molecule has 0 spiro atoms. The molecule has 0 fully saturated rings. The van der Waals surface area contributed by atoms with Crippen molar-refractivity contribution in [1.29, 1.82) is 0 Å². The molecule has 4 nitrogen and oxygen atoms in total. The Morgan fingerprint density at radius 1 is 0.700 bits per heavy atom. The van der Waals surface area contributed by atoms with E-state index in [0.717, 1.165) is 57.8 Å². The van der Waals surface area contributed by atoms with Gasteiger partial charge in [0.2, 0.25) is 0 Å². The highest BCUT2D eigenvalue weighted by atomic mass is 16.4. The molecular weight excluding hydrogens is 256 g/mol. The van der Waals surface area contributed by atoms with E-state index < -0.39 is 11.9 Å². The Balaban J connectivity index is 3.20. The van der Waals surface area contributed by atoms with E-state index >= 15 is 0 Å². The first kappa shape index (κ1) is 18.4. The van der Waals surface area contributed by atoms with E-state index in [0.29, 0.717) is 0 Å². The Labute approximate surface area is 121 Å². The highest BCUT2D eigenvalue weighted by molar-refractivity contribution is 5.79. The number of carboxylic acid groups (broad SMARTS) is 2.